The molecule has 0 aromatic heterocycles. The van der Waals surface area contributed by atoms with Gasteiger partial charge in [0, 0.05) is 39.0 Å². The minimum absolute atomic E-state index is 0.0466. The van der Waals surface area contributed by atoms with Gasteiger partial charge in [-0.15, -0.1) is 0 Å². The molecule has 6 rings (SSSR count). The minimum Gasteiger partial charge on any atom is -0.395 e. The highest BCUT2D eigenvalue weighted by Crippen LogP contribution is 2.54. The monoisotopic (exact) mass is 615 g/mol. The number of β-amino-alcohol motifs (C(OH)–C–C–N with tert-alkyl or cyclic N) is 1. The molecular formula is C30H45F4N5O4. The van der Waals surface area contributed by atoms with E-state index < -0.39 is 66.1 Å². The van der Waals surface area contributed by atoms with Gasteiger partial charge in [-0.3, -0.25) is 19.9 Å². The van der Waals surface area contributed by atoms with Gasteiger partial charge in [-0.2, -0.15) is 0 Å². The molecular weight excluding hydrogens is 570 g/mol. The molecule has 0 aromatic rings. The summed E-state index contributed by atoms with van der Waals surface area (Å²) in [5.41, 5.74) is 1.86. The number of hydrogen-bond donors (Lipinski definition) is 3. The predicted octanol–water partition coefficient (Wildman–Crippen LogP) is 3.02. The first-order chi connectivity index (χ1) is 20.5. The van der Waals surface area contributed by atoms with Gasteiger partial charge < -0.3 is 15.3 Å². The van der Waals surface area contributed by atoms with E-state index in [2.05, 4.69) is 10.7 Å². The van der Waals surface area contributed by atoms with Gasteiger partial charge in [-0.1, -0.05) is 0 Å². The normalized spacial score (nSPS) is 41.2. The maximum atomic E-state index is 15.6. The van der Waals surface area contributed by atoms with Crippen LogP contribution in [0.25, 0.3) is 0 Å². The third kappa shape index (κ3) is 5.78. The van der Waals surface area contributed by atoms with Crippen molar-refractivity contribution in [2.24, 2.45) is 29.6 Å². The zero-order chi connectivity index (χ0) is 30.5. The van der Waals surface area contributed by atoms with Crippen LogP contribution >= 0.6 is 0 Å². The fourth-order valence-corrected chi connectivity index (χ4v) is 9.24. The zero-order valence-corrected chi connectivity index (χ0v) is 24.7. The SMILES string of the molecule is O=C1N[C@]2(C[C@@H](F)C3CC(C4CNN(CCO)C4)CCC32)C(=O)N1CC(=O)N(CC1CCC(F)CC1)C1CCCC1(F)F. The van der Waals surface area contributed by atoms with Gasteiger partial charge >= 0.3 is 6.03 Å². The van der Waals surface area contributed by atoms with Crippen LogP contribution in [0.4, 0.5) is 22.4 Å². The Morgan fingerprint density at radius 1 is 1.05 bits per heavy atom. The fraction of sp³-hybridized carbons (Fsp3) is 0.900. The summed E-state index contributed by atoms with van der Waals surface area (Å²) in [6, 6.07) is -2.10. The Morgan fingerprint density at radius 2 is 1.81 bits per heavy atom. The standard InChI is InChI=1S/C30H45F4N5O4/c31-21-6-3-18(4-7-21)15-38(25-2-1-9-30(25,33)34)26(41)17-39-27(42)29(36-28(39)43)13-24(32)22-12-19(5-8-23(22)29)20-14-35-37(16-20)10-11-40/h18-25,35,40H,1-17H2,(H,36,43)/t18?,19?,20?,21?,22?,23?,24-,25?,29+/m1/s1. The summed E-state index contributed by atoms with van der Waals surface area (Å²) in [6.45, 7) is 1.47. The number of rotatable bonds is 8. The second-order valence-corrected chi connectivity index (χ2v) is 14.0. The molecule has 13 heteroatoms. The van der Waals surface area contributed by atoms with Crippen molar-refractivity contribution in [1.82, 2.24) is 25.6 Å². The summed E-state index contributed by atoms with van der Waals surface area (Å²) in [5.74, 6) is -4.78. The van der Waals surface area contributed by atoms with Crippen molar-refractivity contribution in [1.29, 1.82) is 0 Å². The zero-order valence-electron chi connectivity index (χ0n) is 24.7. The van der Waals surface area contributed by atoms with Crippen LogP contribution in [0.15, 0.2) is 0 Å². The number of alkyl halides is 4. The quantitative estimate of drug-likeness (QED) is 0.287. The number of imide groups is 1. The summed E-state index contributed by atoms with van der Waals surface area (Å²) in [6.07, 6.45) is 1.30. The molecule has 4 aliphatic carbocycles. The van der Waals surface area contributed by atoms with Crippen LogP contribution < -0.4 is 10.7 Å². The molecule has 2 saturated heterocycles. The summed E-state index contributed by atoms with van der Waals surface area (Å²) in [4.78, 5) is 42.7. The molecule has 2 heterocycles. The molecule has 1 spiro atoms. The van der Waals surface area contributed by atoms with Crippen molar-refractivity contribution in [2.45, 2.75) is 100 Å². The van der Waals surface area contributed by atoms with Gasteiger partial charge in [0.15, 0.2) is 0 Å². The molecule has 7 atom stereocenters. The number of nitrogens with one attached hydrogen (secondary N) is 2. The van der Waals surface area contributed by atoms with E-state index in [9.17, 15) is 32.7 Å². The minimum atomic E-state index is -3.08. The Kier molecular flexibility index (Phi) is 8.71. The third-order valence-electron chi connectivity index (χ3n) is 11.5. The molecule has 9 nitrogen and oxygen atoms in total. The molecule has 0 bridgehead atoms. The average molecular weight is 616 g/mol. The first-order valence-corrected chi connectivity index (χ1v) is 16.2. The molecule has 0 radical (unpaired) electrons. The highest BCUT2D eigenvalue weighted by molar-refractivity contribution is 6.09. The third-order valence-corrected chi connectivity index (χ3v) is 11.5. The molecule has 43 heavy (non-hydrogen) atoms. The Bertz CT molecular complexity index is 1080. The second-order valence-electron chi connectivity index (χ2n) is 14.0. The Morgan fingerprint density at radius 3 is 2.51 bits per heavy atom. The van der Waals surface area contributed by atoms with Crippen molar-refractivity contribution >= 4 is 17.8 Å². The maximum Gasteiger partial charge on any atom is 0.325 e. The van der Waals surface area contributed by atoms with E-state index in [-0.39, 0.29) is 50.7 Å². The van der Waals surface area contributed by atoms with Crippen molar-refractivity contribution in [3.8, 4) is 0 Å². The van der Waals surface area contributed by atoms with Crippen LogP contribution in [0.2, 0.25) is 0 Å². The van der Waals surface area contributed by atoms with Gasteiger partial charge in [0.25, 0.3) is 11.8 Å². The van der Waals surface area contributed by atoms with Crippen molar-refractivity contribution in [3.63, 3.8) is 0 Å². The summed E-state index contributed by atoms with van der Waals surface area (Å²) < 4.78 is 59.2. The lowest BCUT2D eigenvalue weighted by Crippen LogP contribution is -2.54. The van der Waals surface area contributed by atoms with Gasteiger partial charge in [-0.25, -0.2) is 27.4 Å². The number of amides is 4. The number of fused-ring (bicyclic) bond motifs is 2. The summed E-state index contributed by atoms with van der Waals surface area (Å²) >= 11 is 0. The number of hydrogen-bond acceptors (Lipinski definition) is 6. The summed E-state index contributed by atoms with van der Waals surface area (Å²) in [7, 11) is 0. The molecule has 4 saturated carbocycles. The molecule has 0 aromatic carbocycles. The first kappa shape index (κ1) is 31.0. The molecule has 4 amide bonds. The fourth-order valence-electron chi connectivity index (χ4n) is 9.24. The second kappa shape index (κ2) is 12.1. The lowest BCUT2D eigenvalue weighted by molar-refractivity contribution is -0.148. The largest absolute Gasteiger partial charge is 0.395 e. The molecule has 6 fully saturated rings. The van der Waals surface area contributed by atoms with Gasteiger partial charge in [0.2, 0.25) is 5.91 Å². The van der Waals surface area contributed by atoms with Crippen molar-refractivity contribution in [2.75, 3.05) is 39.3 Å². The molecule has 2 aliphatic heterocycles. The van der Waals surface area contributed by atoms with Gasteiger partial charge in [0.05, 0.1) is 12.6 Å². The number of urea groups is 1. The van der Waals surface area contributed by atoms with Crippen LogP contribution in [0.5, 0.6) is 0 Å². The number of aliphatic hydroxyl groups excluding tert-OH is 1. The Hall–Kier alpha value is -1.99. The lowest BCUT2D eigenvalue weighted by atomic mass is 9.67. The van der Waals surface area contributed by atoms with Crippen LogP contribution in [0.3, 0.4) is 0 Å². The number of carbonyl (C=O) groups excluding carboxylic acids is 3. The Balaban J connectivity index is 1.14. The first-order valence-electron chi connectivity index (χ1n) is 16.2. The topological polar surface area (TPSA) is 105 Å². The number of aliphatic hydroxyl groups is 1. The Labute approximate surface area is 250 Å². The van der Waals surface area contributed by atoms with E-state index in [1.54, 1.807) is 0 Å². The van der Waals surface area contributed by atoms with E-state index in [1.165, 1.54) is 0 Å². The summed E-state index contributed by atoms with van der Waals surface area (Å²) in [5, 5.41) is 14.0. The van der Waals surface area contributed by atoms with Crippen molar-refractivity contribution < 1.29 is 37.1 Å². The highest BCUT2D eigenvalue weighted by Gasteiger charge is 2.65. The smallest absolute Gasteiger partial charge is 0.325 e. The lowest BCUT2D eigenvalue weighted by Gasteiger charge is -2.39. The average Bonchev–Trinajstić information content (AvgIpc) is 3.71. The van der Waals surface area contributed by atoms with E-state index in [1.807, 2.05) is 5.01 Å². The number of nitrogens with zero attached hydrogens (tertiary/aromatic N) is 3. The van der Waals surface area contributed by atoms with Crippen molar-refractivity contribution in [3.05, 3.63) is 0 Å². The predicted molar refractivity (Wildman–Crippen MR) is 148 cm³/mol. The molecule has 5 unspecified atom stereocenters. The van der Waals surface area contributed by atoms with E-state index in [4.69, 9.17) is 0 Å². The molecule has 6 aliphatic rings. The molecule has 242 valence electrons. The van der Waals surface area contributed by atoms with E-state index >= 15 is 4.39 Å². The number of halogens is 4. The van der Waals surface area contributed by atoms with Gasteiger partial charge in [-0.05, 0) is 87.4 Å². The van der Waals surface area contributed by atoms with Crippen LogP contribution in [-0.2, 0) is 9.59 Å². The maximum absolute atomic E-state index is 15.6. The van der Waals surface area contributed by atoms with Crippen LogP contribution in [-0.4, -0.2) is 107 Å². The molecule has 3 N–H and O–H groups in total. The number of carbonyl (C=O) groups is 3. The highest BCUT2D eigenvalue weighted by atomic mass is 19.3. The van der Waals surface area contributed by atoms with Crippen LogP contribution in [0.1, 0.15) is 70.6 Å². The van der Waals surface area contributed by atoms with Gasteiger partial charge in [0.1, 0.15) is 24.4 Å². The number of hydrazine groups is 1. The van der Waals surface area contributed by atoms with Crippen LogP contribution in [0, 0.1) is 29.6 Å². The van der Waals surface area contributed by atoms with E-state index in [0.717, 1.165) is 29.3 Å². The van der Waals surface area contributed by atoms with E-state index in [0.29, 0.717) is 51.0 Å².